The Bertz CT molecular complexity index is 439. The van der Waals surface area contributed by atoms with Crippen LogP contribution in [0.1, 0.15) is 29.6 Å². The van der Waals surface area contributed by atoms with E-state index in [4.69, 9.17) is 21.1 Å². The SMILES string of the molecule is COc1cc(Cl)c(C(=O)CC2CC2)cc1OC. The molecule has 0 spiro atoms. The first kappa shape index (κ1) is 12.2. The number of benzene rings is 1. The lowest BCUT2D eigenvalue weighted by Crippen LogP contribution is -2.02. The third-order valence-corrected chi connectivity index (χ3v) is 3.26. The van der Waals surface area contributed by atoms with Crippen LogP contribution in [-0.2, 0) is 0 Å². The molecule has 0 heterocycles. The van der Waals surface area contributed by atoms with Gasteiger partial charge in [-0.3, -0.25) is 4.79 Å². The van der Waals surface area contributed by atoms with Gasteiger partial charge in [-0.2, -0.15) is 0 Å². The van der Waals surface area contributed by atoms with Crippen LogP contribution in [0.3, 0.4) is 0 Å². The van der Waals surface area contributed by atoms with E-state index < -0.39 is 0 Å². The van der Waals surface area contributed by atoms with Gasteiger partial charge in [0, 0.05) is 18.1 Å². The minimum Gasteiger partial charge on any atom is -0.493 e. The van der Waals surface area contributed by atoms with Crippen LogP contribution in [0.2, 0.25) is 5.02 Å². The van der Waals surface area contributed by atoms with Crippen molar-refractivity contribution in [1.82, 2.24) is 0 Å². The fourth-order valence-electron chi connectivity index (χ4n) is 1.76. The van der Waals surface area contributed by atoms with Crippen molar-refractivity contribution in [2.75, 3.05) is 14.2 Å². The summed E-state index contributed by atoms with van der Waals surface area (Å²) in [5.41, 5.74) is 0.524. The van der Waals surface area contributed by atoms with Gasteiger partial charge < -0.3 is 9.47 Å². The summed E-state index contributed by atoms with van der Waals surface area (Å²) >= 11 is 6.08. The minimum absolute atomic E-state index is 0.0819. The highest BCUT2D eigenvalue weighted by atomic mass is 35.5. The summed E-state index contributed by atoms with van der Waals surface area (Å²) in [6, 6.07) is 3.28. The number of ether oxygens (including phenoxy) is 2. The molecule has 17 heavy (non-hydrogen) atoms. The zero-order chi connectivity index (χ0) is 12.4. The molecule has 92 valence electrons. The maximum Gasteiger partial charge on any atom is 0.164 e. The number of hydrogen-bond acceptors (Lipinski definition) is 3. The Balaban J connectivity index is 2.28. The first-order valence-corrected chi connectivity index (χ1v) is 5.98. The third kappa shape index (κ3) is 2.72. The van der Waals surface area contributed by atoms with Gasteiger partial charge in [0.2, 0.25) is 0 Å². The van der Waals surface area contributed by atoms with Crippen molar-refractivity contribution < 1.29 is 14.3 Å². The molecule has 2 rings (SSSR count). The summed E-state index contributed by atoms with van der Waals surface area (Å²) in [6.07, 6.45) is 2.88. The molecule has 0 atom stereocenters. The Morgan fingerprint density at radius 1 is 1.29 bits per heavy atom. The molecule has 0 radical (unpaired) electrons. The number of hydrogen-bond donors (Lipinski definition) is 0. The highest BCUT2D eigenvalue weighted by Gasteiger charge is 2.26. The molecule has 1 aromatic carbocycles. The van der Waals surface area contributed by atoms with Crippen molar-refractivity contribution >= 4 is 17.4 Å². The number of halogens is 1. The first-order valence-electron chi connectivity index (χ1n) is 5.60. The summed E-state index contributed by atoms with van der Waals surface area (Å²) in [5, 5.41) is 0.424. The molecule has 0 N–H and O–H groups in total. The summed E-state index contributed by atoms with van der Waals surface area (Å²) in [4.78, 5) is 12.0. The first-order chi connectivity index (χ1) is 8.15. The van der Waals surface area contributed by atoms with E-state index in [0.717, 1.165) is 12.8 Å². The van der Waals surface area contributed by atoms with Crippen molar-refractivity contribution in [2.45, 2.75) is 19.3 Å². The Hall–Kier alpha value is -1.22. The molecule has 0 aliphatic heterocycles. The van der Waals surface area contributed by atoms with Crippen LogP contribution in [0.5, 0.6) is 11.5 Å². The molecule has 0 bridgehead atoms. The van der Waals surface area contributed by atoms with Gasteiger partial charge in [-0.1, -0.05) is 11.6 Å². The lowest BCUT2D eigenvalue weighted by atomic mass is 10.1. The second kappa shape index (κ2) is 4.96. The summed E-state index contributed by atoms with van der Waals surface area (Å²) < 4.78 is 10.3. The van der Waals surface area contributed by atoms with Crippen LogP contribution in [-0.4, -0.2) is 20.0 Å². The maximum absolute atomic E-state index is 12.0. The zero-order valence-corrected chi connectivity index (χ0v) is 10.7. The predicted molar refractivity (Wildman–Crippen MR) is 66.2 cm³/mol. The van der Waals surface area contributed by atoms with E-state index in [0.29, 0.717) is 34.4 Å². The molecule has 1 saturated carbocycles. The van der Waals surface area contributed by atoms with Crippen LogP contribution in [0.4, 0.5) is 0 Å². The number of carbonyl (C=O) groups is 1. The normalized spacial score (nSPS) is 14.5. The molecular weight excluding hydrogens is 240 g/mol. The van der Waals surface area contributed by atoms with Gasteiger partial charge in [-0.25, -0.2) is 0 Å². The Kier molecular flexibility index (Phi) is 3.57. The van der Waals surface area contributed by atoms with Crippen LogP contribution in [0.15, 0.2) is 12.1 Å². The lowest BCUT2D eigenvalue weighted by molar-refractivity contribution is 0.0976. The third-order valence-electron chi connectivity index (χ3n) is 2.94. The van der Waals surface area contributed by atoms with E-state index in [1.807, 2.05) is 0 Å². The van der Waals surface area contributed by atoms with Crippen LogP contribution >= 0.6 is 11.6 Å². The van der Waals surface area contributed by atoms with Gasteiger partial charge in [0.05, 0.1) is 19.2 Å². The Morgan fingerprint density at radius 2 is 1.88 bits per heavy atom. The molecule has 0 saturated heterocycles. The number of rotatable bonds is 5. The Morgan fingerprint density at radius 3 is 2.41 bits per heavy atom. The molecule has 3 nitrogen and oxygen atoms in total. The molecule has 1 fully saturated rings. The average Bonchev–Trinajstić information content (AvgIpc) is 3.12. The van der Waals surface area contributed by atoms with Crippen LogP contribution < -0.4 is 9.47 Å². The summed E-state index contributed by atoms with van der Waals surface area (Å²) in [6.45, 7) is 0. The molecule has 0 amide bonds. The minimum atomic E-state index is 0.0819. The molecule has 1 aliphatic rings. The van der Waals surface area contributed by atoms with E-state index in [9.17, 15) is 4.79 Å². The summed E-state index contributed by atoms with van der Waals surface area (Å²) in [7, 11) is 3.08. The van der Waals surface area contributed by atoms with E-state index >= 15 is 0 Å². The number of ketones is 1. The molecule has 1 aromatic rings. The smallest absolute Gasteiger partial charge is 0.164 e. The maximum atomic E-state index is 12.0. The van der Waals surface area contributed by atoms with Gasteiger partial charge >= 0.3 is 0 Å². The highest BCUT2D eigenvalue weighted by molar-refractivity contribution is 6.34. The number of methoxy groups -OCH3 is 2. The molecular formula is C13H15ClO3. The average molecular weight is 255 g/mol. The van der Waals surface area contributed by atoms with Gasteiger partial charge in [0.15, 0.2) is 17.3 Å². The van der Waals surface area contributed by atoms with Gasteiger partial charge in [-0.15, -0.1) is 0 Å². The summed E-state index contributed by atoms with van der Waals surface area (Å²) in [5.74, 6) is 1.71. The van der Waals surface area contributed by atoms with Crippen molar-refractivity contribution in [3.05, 3.63) is 22.7 Å². The number of carbonyl (C=O) groups excluding carboxylic acids is 1. The highest BCUT2D eigenvalue weighted by Crippen LogP contribution is 2.37. The quantitative estimate of drug-likeness (QED) is 0.756. The van der Waals surface area contributed by atoms with Crippen molar-refractivity contribution in [2.24, 2.45) is 5.92 Å². The fraction of sp³-hybridized carbons (Fsp3) is 0.462. The van der Waals surface area contributed by atoms with Crippen LogP contribution in [0, 0.1) is 5.92 Å². The van der Waals surface area contributed by atoms with E-state index in [1.165, 1.54) is 0 Å². The zero-order valence-electron chi connectivity index (χ0n) is 9.96. The van der Waals surface area contributed by atoms with E-state index in [-0.39, 0.29) is 5.78 Å². The van der Waals surface area contributed by atoms with E-state index in [1.54, 1.807) is 26.4 Å². The van der Waals surface area contributed by atoms with E-state index in [2.05, 4.69) is 0 Å². The van der Waals surface area contributed by atoms with Crippen molar-refractivity contribution in [3.8, 4) is 11.5 Å². The molecule has 1 aliphatic carbocycles. The standard InChI is InChI=1S/C13H15ClO3/c1-16-12-6-9(10(14)7-13(12)17-2)11(15)5-8-3-4-8/h6-8H,3-5H2,1-2H3. The second-order valence-corrected chi connectivity index (χ2v) is 4.66. The predicted octanol–water partition coefficient (Wildman–Crippen LogP) is 3.34. The van der Waals surface area contributed by atoms with Gasteiger partial charge in [0.25, 0.3) is 0 Å². The molecule has 0 aromatic heterocycles. The van der Waals surface area contributed by atoms with Gasteiger partial charge in [-0.05, 0) is 24.8 Å². The second-order valence-electron chi connectivity index (χ2n) is 4.26. The topological polar surface area (TPSA) is 35.5 Å². The fourth-order valence-corrected chi connectivity index (χ4v) is 2.02. The molecule has 4 heteroatoms. The number of Topliss-reactive ketones (excluding diaryl/α,β-unsaturated/α-hetero) is 1. The lowest BCUT2D eigenvalue weighted by Gasteiger charge is -2.10. The Labute approximate surface area is 106 Å². The molecule has 0 unspecified atom stereocenters. The van der Waals surface area contributed by atoms with Crippen molar-refractivity contribution in [1.29, 1.82) is 0 Å². The van der Waals surface area contributed by atoms with Gasteiger partial charge in [0.1, 0.15) is 0 Å². The van der Waals surface area contributed by atoms with Crippen molar-refractivity contribution in [3.63, 3.8) is 0 Å². The monoisotopic (exact) mass is 254 g/mol. The largest absolute Gasteiger partial charge is 0.493 e. The van der Waals surface area contributed by atoms with Crippen LogP contribution in [0.25, 0.3) is 0 Å².